The van der Waals surface area contributed by atoms with E-state index in [4.69, 9.17) is 10.5 Å². The fraction of sp³-hybridized carbons (Fsp3) is 0.0714. The van der Waals surface area contributed by atoms with Crippen LogP contribution in [0.2, 0.25) is 0 Å². The Kier molecular flexibility index (Phi) is 4.41. The highest BCUT2D eigenvalue weighted by molar-refractivity contribution is 9.10. The van der Waals surface area contributed by atoms with Gasteiger partial charge in [-0.25, -0.2) is 0 Å². The molecule has 0 unspecified atom stereocenters. The molecule has 5 heteroatoms. The van der Waals surface area contributed by atoms with Gasteiger partial charge in [-0.1, -0.05) is 34.1 Å². The average molecular weight is 321 g/mol. The summed E-state index contributed by atoms with van der Waals surface area (Å²) in [5.74, 6) is 0.333. The van der Waals surface area contributed by atoms with E-state index in [-0.39, 0.29) is 12.5 Å². The number of ether oxygens (including phenoxy) is 1. The van der Waals surface area contributed by atoms with Gasteiger partial charge in [-0.3, -0.25) is 4.79 Å². The first-order valence-corrected chi connectivity index (χ1v) is 6.46. The number of anilines is 2. The smallest absolute Gasteiger partial charge is 0.262 e. The Labute approximate surface area is 119 Å². The van der Waals surface area contributed by atoms with Gasteiger partial charge in [0.25, 0.3) is 5.91 Å². The minimum absolute atomic E-state index is 0.0647. The molecule has 1 amide bonds. The number of hydrogen-bond acceptors (Lipinski definition) is 3. The van der Waals surface area contributed by atoms with Gasteiger partial charge in [0.15, 0.2) is 6.61 Å². The van der Waals surface area contributed by atoms with Crippen LogP contribution in [0.5, 0.6) is 5.75 Å². The second kappa shape index (κ2) is 6.24. The highest BCUT2D eigenvalue weighted by Crippen LogP contribution is 2.22. The van der Waals surface area contributed by atoms with Crippen molar-refractivity contribution in [2.75, 3.05) is 17.7 Å². The van der Waals surface area contributed by atoms with Crippen molar-refractivity contribution in [1.29, 1.82) is 0 Å². The Bertz CT molecular complexity index is 553. The van der Waals surface area contributed by atoms with Crippen molar-refractivity contribution in [3.8, 4) is 5.75 Å². The van der Waals surface area contributed by atoms with Crippen LogP contribution in [-0.4, -0.2) is 12.5 Å². The first-order chi connectivity index (χ1) is 9.13. The molecule has 0 fully saturated rings. The van der Waals surface area contributed by atoms with E-state index in [2.05, 4.69) is 21.2 Å². The van der Waals surface area contributed by atoms with E-state index in [9.17, 15) is 4.79 Å². The maximum absolute atomic E-state index is 11.7. The van der Waals surface area contributed by atoms with Crippen molar-refractivity contribution in [3.05, 3.63) is 53.0 Å². The van der Waals surface area contributed by atoms with Gasteiger partial charge >= 0.3 is 0 Å². The van der Waals surface area contributed by atoms with Crippen molar-refractivity contribution in [2.24, 2.45) is 0 Å². The fourth-order valence-electron chi connectivity index (χ4n) is 1.54. The van der Waals surface area contributed by atoms with E-state index in [1.807, 2.05) is 30.3 Å². The maximum atomic E-state index is 11.7. The van der Waals surface area contributed by atoms with Crippen molar-refractivity contribution in [2.45, 2.75) is 0 Å². The second-order valence-corrected chi connectivity index (χ2v) is 4.84. The number of benzene rings is 2. The Morgan fingerprint density at radius 3 is 2.63 bits per heavy atom. The number of rotatable bonds is 4. The molecule has 0 saturated heterocycles. The maximum Gasteiger partial charge on any atom is 0.262 e. The Morgan fingerprint density at radius 1 is 1.21 bits per heavy atom. The van der Waals surface area contributed by atoms with Crippen molar-refractivity contribution in [1.82, 2.24) is 0 Å². The van der Waals surface area contributed by atoms with Crippen LogP contribution >= 0.6 is 15.9 Å². The van der Waals surface area contributed by atoms with Crippen LogP contribution in [0.3, 0.4) is 0 Å². The van der Waals surface area contributed by atoms with Gasteiger partial charge in [0.05, 0.1) is 0 Å². The lowest BCUT2D eigenvalue weighted by atomic mass is 10.3. The van der Waals surface area contributed by atoms with Gasteiger partial charge in [0.1, 0.15) is 5.75 Å². The van der Waals surface area contributed by atoms with Gasteiger partial charge in [-0.2, -0.15) is 0 Å². The summed E-state index contributed by atoms with van der Waals surface area (Å²) in [6.45, 7) is -0.0647. The van der Waals surface area contributed by atoms with Gasteiger partial charge in [-0.05, 0) is 24.3 Å². The molecule has 0 radical (unpaired) electrons. The molecule has 0 aliphatic rings. The first kappa shape index (κ1) is 13.4. The van der Waals surface area contributed by atoms with Crippen LogP contribution in [0.25, 0.3) is 0 Å². The molecule has 98 valence electrons. The number of amides is 1. The molecule has 0 heterocycles. The molecular weight excluding hydrogens is 308 g/mol. The molecule has 19 heavy (non-hydrogen) atoms. The summed E-state index contributed by atoms with van der Waals surface area (Å²) in [4.78, 5) is 11.7. The summed E-state index contributed by atoms with van der Waals surface area (Å²) >= 11 is 3.31. The molecule has 0 saturated carbocycles. The summed E-state index contributed by atoms with van der Waals surface area (Å²) < 4.78 is 6.19. The predicted octanol–water partition coefficient (Wildman–Crippen LogP) is 3.05. The van der Waals surface area contributed by atoms with E-state index in [1.165, 1.54) is 0 Å². The molecule has 0 spiro atoms. The molecule has 0 aromatic heterocycles. The van der Waals surface area contributed by atoms with Crippen LogP contribution in [0, 0.1) is 0 Å². The molecule has 2 aromatic carbocycles. The standard InChI is InChI=1S/C14H13BrN2O2/c15-10-6-11(16)8-13(7-10)19-9-14(18)17-12-4-2-1-3-5-12/h1-8H,9,16H2,(H,17,18). The summed E-state index contributed by atoms with van der Waals surface area (Å²) in [6, 6.07) is 14.4. The molecule has 4 nitrogen and oxygen atoms in total. The van der Waals surface area contributed by atoms with Crippen LogP contribution < -0.4 is 15.8 Å². The fourth-order valence-corrected chi connectivity index (χ4v) is 2.03. The molecule has 0 atom stereocenters. The lowest BCUT2D eigenvalue weighted by Gasteiger charge is -2.08. The minimum Gasteiger partial charge on any atom is -0.484 e. The largest absolute Gasteiger partial charge is 0.484 e. The summed E-state index contributed by atoms with van der Waals surface area (Å²) in [5.41, 5.74) is 7.00. The lowest BCUT2D eigenvalue weighted by Crippen LogP contribution is -2.20. The minimum atomic E-state index is -0.218. The highest BCUT2D eigenvalue weighted by atomic mass is 79.9. The number of nitrogen functional groups attached to an aromatic ring is 1. The SMILES string of the molecule is Nc1cc(Br)cc(OCC(=O)Nc2ccccc2)c1. The van der Waals surface area contributed by atoms with Crippen LogP contribution in [0.1, 0.15) is 0 Å². The third kappa shape index (κ3) is 4.30. The normalized spacial score (nSPS) is 9.95. The third-order valence-corrected chi connectivity index (χ3v) is 2.78. The summed E-state index contributed by atoms with van der Waals surface area (Å²) in [5, 5.41) is 2.73. The number of para-hydroxylation sites is 1. The van der Waals surface area contributed by atoms with Crippen molar-refractivity contribution in [3.63, 3.8) is 0 Å². The van der Waals surface area contributed by atoms with Gasteiger partial charge in [-0.15, -0.1) is 0 Å². The Balaban J connectivity index is 1.90. The lowest BCUT2D eigenvalue weighted by molar-refractivity contribution is -0.118. The van der Waals surface area contributed by atoms with E-state index in [1.54, 1.807) is 18.2 Å². The zero-order valence-corrected chi connectivity index (χ0v) is 11.7. The van der Waals surface area contributed by atoms with Crippen molar-refractivity contribution >= 4 is 33.2 Å². The summed E-state index contributed by atoms with van der Waals surface area (Å²) in [7, 11) is 0. The topological polar surface area (TPSA) is 64.3 Å². The number of halogens is 1. The molecule has 2 rings (SSSR count). The molecular formula is C14H13BrN2O2. The molecule has 0 bridgehead atoms. The predicted molar refractivity (Wildman–Crippen MR) is 79.1 cm³/mol. The average Bonchev–Trinajstić information content (AvgIpc) is 2.36. The number of carbonyl (C=O) groups is 1. The zero-order chi connectivity index (χ0) is 13.7. The van der Waals surface area contributed by atoms with Gasteiger partial charge in [0, 0.05) is 21.9 Å². The van der Waals surface area contributed by atoms with Crippen LogP contribution in [-0.2, 0) is 4.79 Å². The quantitative estimate of drug-likeness (QED) is 0.851. The zero-order valence-electron chi connectivity index (χ0n) is 10.1. The second-order valence-electron chi connectivity index (χ2n) is 3.92. The number of carbonyl (C=O) groups excluding carboxylic acids is 1. The first-order valence-electron chi connectivity index (χ1n) is 5.67. The van der Waals surface area contributed by atoms with Gasteiger partial charge < -0.3 is 15.8 Å². The van der Waals surface area contributed by atoms with Gasteiger partial charge in [0.2, 0.25) is 0 Å². The molecule has 0 aliphatic heterocycles. The molecule has 0 aliphatic carbocycles. The monoisotopic (exact) mass is 320 g/mol. The van der Waals surface area contributed by atoms with E-state index >= 15 is 0 Å². The summed E-state index contributed by atoms with van der Waals surface area (Å²) in [6.07, 6.45) is 0. The molecule has 3 N–H and O–H groups in total. The Hall–Kier alpha value is -2.01. The number of hydrogen-bond donors (Lipinski definition) is 2. The van der Waals surface area contributed by atoms with E-state index in [0.717, 1.165) is 10.2 Å². The number of nitrogens with one attached hydrogen (secondary N) is 1. The molecule has 2 aromatic rings. The van der Waals surface area contributed by atoms with E-state index in [0.29, 0.717) is 11.4 Å². The van der Waals surface area contributed by atoms with Crippen molar-refractivity contribution < 1.29 is 9.53 Å². The highest BCUT2D eigenvalue weighted by Gasteiger charge is 2.04. The van der Waals surface area contributed by atoms with Crippen LogP contribution in [0.4, 0.5) is 11.4 Å². The number of nitrogens with two attached hydrogens (primary N) is 1. The third-order valence-electron chi connectivity index (χ3n) is 2.32. The van der Waals surface area contributed by atoms with E-state index < -0.39 is 0 Å². The van der Waals surface area contributed by atoms with Crippen LogP contribution in [0.15, 0.2) is 53.0 Å². The Morgan fingerprint density at radius 2 is 1.95 bits per heavy atom.